The number of nitrogens with zero attached hydrogens (tertiary/aromatic N) is 4. The van der Waals surface area contributed by atoms with E-state index in [9.17, 15) is 4.79 Å². The summed E-state index contributed by atoms with van der Waals surface area (Å²) in [5.41, 5.74) is 0.538. The number of nitriles is 1. The van der Waals surface area contributed by atoms with Crippen molar-refractivity contribution < 1.29 is 14.3 Å². The lowest BCUT2D eigenvalue weighted by Crippen LogP contribution is -2.10. The second-order valence-corrected chi connectivity index (χ2v) is 3.81. The Morgan fingerprint density at radius 2 is 2.35 bits per heavy atom. The smallest absolute Gasteiger partial charge is 0.377 e. The van der Waals surface area contributed by atoms with Crippen molar-refractivity contribution in [1.29, 1.82) is 5.26 Å². The standard InChI is InChI=1S/C13H12N4O3/c1-19-13(18)12-15-9-17(16-12)5-6-20-11-4-2-3-10(7-11)8-14/h2-4,7,9H,5-6H2,1H3. The summed E-state index contributed by atoms with van der Waals surface area (Å²) in [5.74, 6) is 0.0442. The molecule has 2 rings (SSSR count). The van der Waals surface area contributed by atoms with Gasteiger partial charge in [-0.3, -0.25) is 0 Å². The van der Waals surface area contributed by atoms with E-state index >= 15 is 0 Å². The lowest BCUT2D eigenvalue weighted by atomic mass is 10.2. The minimum Gasteiger partial charge on any atom is -0.492 e. The van der Waals surface area contributed by atoms with Crippen LogP contribution >= 0.6 is 0 Å². The summed E-state index contributed by atoms with van der Waals surface area (Å²) < 4.78 is 11.5. The predicted octanol–water partition coefficient (Wildman–Crippen LogP) is 1.02. The first kappa shape index (κ1) is 13.5. The zero-order valence-electron chi connectivity index (χ0n) is 10.8. The Bertz CT molecular complexity index is 645. The Labute approximate surface area is 115 Å². The summed E-state index contributed by atoms with van der Waals surface area (Å²) in [6.07, 6.45) is 1.43. The molecule has 0 aliphatic rings. The van der Waals surface area contributed by atoms with Gasteiger partial charge in [0, 0.05) is 0 Å². The van der Waals surface area contributed by atoms with Gasteiger partial charge in [0.2, 0.25) is 0 Å². The number of aromatic nitrogens is 3. The number of hydrogen-bond donors (Lipinski definition) is 0. The molecular formula is C13H12N4O3. The molecule has 0 saturated carbocycles. The average molecular weight is 272 g/mol. The van der Waals surface area contributed by atoms with E-state index in [1.54, 1.807) is 24.3 Å². The molecule has 102 valence electrons. The summed E-state index contributed by atoms with van der Waals surface area (Å²) in [6.45, 7) is 0.777. The third-order valence-electron chi connectivity index (χ3n) is 2.46. The number of esters is 1. The lowest BCUT2D eigenvalue weighted by molar-refractivity contribution is 0.0586. The predicted molar refractivity (Wildman–Crippen MR) is 68.0 cm³/mol. The average Bonchev–Trinajstić information content (AvgIpc) is 2.95. The Kier molecular flexibility index (Phi) is 4.29. The van der Waals surface area contributed by atoms with Crippen LogP contribution in [0.1, 0.15) is 16.2 Å². The van der Waals surface area contributed by atoms with Gasteiger partial charge in [-0.2, -0.15) is 5.26 Å². The van der Waals surface area contributed by atoms with Crippen LogP contribution in [-0.2, 0) is 11.3 Å². The van der Waals surface area contributed by atoms with Crippen molar-refractivity contribution in [3.63, 3.8) is 0 Å². The molecule has 7 heteroatoms. The maximum atomic E-state index is 11.2. The number of hydrogen-bond acceptors (Lipinski definition) is 6. The number of rotatable bonds is 5. The van der Waals surface area contributed by atoms with Crippen LogP contribution in [0.25, 0.3) is 0 Å². The normalized spacial score (nSPS) is 9.80. The van der Waals surface area contributed by atoms with Gasteiger partial charge in [0.25, 0.3) is 5.82 Å². The molecule has 1 aromatic heterocycles. The lowest BCUT2D eigenvalue weighted by Gasteiger charge is -2.05. The highest BCUT2D eigenvalue weighted by atomic mass is 16.5. The van der Waals surface area contributed by atoms with Gasteiger partial charge < -0.3 is 9.47 Å². The topological polar surface area (TPSA) is 90.0 Å². The fourth-order valence-electron chi connectivity index (χ4n) is 1.50. The van der Waals surface area contributed by atoms with E-state index in [2.05, 4.69) is 14.8 Å². The van der Waals surface area contributed by atoms with E-state index in [0.29, 0.717) is 24.5 Å². The molecule has 0 radical (unpaired) electrons. The van der Waals surface area contributed by atoms with Crippen molar-refractivity contribution in [3.8, 4) is 11.8 Å². The van der Waals surface area contributed by atoms with E-state index in [1.165, 1.54) is 18.1 Å². The van der Waals surface area contributed by atoms with E-state index in [0.717, 1.165) is 0 Å². The Balaban J connectivity index is 1.88. The van der Waals surface area contributed by atoms with Crippen LogP contribution in [0.5, 0.6) is 5.75 Å². The van der Waals surface area contributed by atoms with Crippen molar-refractivity contribution in [3.05, 3.63) is 42.0 Å². The highest BCUT2D eigenvalue weighted by Gasteiger charge is 2.10. The molecule has 0 spiro atoms. The van der Waals surface area contributed by atoms with Crippen molar-refractivity contribution in [2.75, 3.05) is 13.7 Å². The third-order valence-corrected chi connectivity index (χ3v) is 2.46. The first-order chi connectivity index (χ1) is 9.72. The zero-order valence-corrected chi connectivity index (χ0v) is 10.8. The zero-order chi connectivity index (χ0) is 14.4. The highest BCUT2D eigenvalue weighted by molar-refractivity contribution is 5.84. The monoisotopic (exact) mass is 272 g/mol. The molecule has 1 aromatic carbocycles. The molecule has 20 heavy (non-hydrogen) atoms. The van der Waals surface area contributed by atoms with Gasteiger partial charge >= 0.3 is 5.97 Å². The Hall–Kier alpha value is -2.88. The quantitative estimate of drug-likeness (QED) is 0.755. The fourth-order valence-corrected chi connectivity index (χ4v) is 1.50. The molecule has 0 saturated heterocycles. The minimum absolute atomic E-state index is 0.0129. The molecule has 0 unspecified atom stereocenters. The van der Waals surface area contributed by atoms with Gasteiger partial charge in [0.05, 0.1) is 25.3 Å². The Morgan fingerprint density at radius 1 is 1.50 bits per heavy atom. The van der Waals surface area contributed by atoms with Crippen molar-refractivity contribution in [2.24, 2.45) is 0 Å². The van der Waals surface area contributed by atoms with Crippen molar-refractivity contribution in [1.82, 2.24) is 14.8 Å². The first-order valence-electron chi connectivity index (χ1n) is 5.83. The van der Waals surface area contributed by atoms with Gasteiger partial charge in [0.15, 0.2) is 0 Å². The molecule has 0 aliphatic carbocycles. The molecule has 0 N–H and O–H groups in total. The third kappa shape index (κ3) is 3.32. The number of carbonyl (C=O) groups excluding carboxylic acids is 1. The highest BCUT2D eigenvalue weighted by Crippen LogP contribution is 2.12. The van der Waals surface area contributed by atoms with Gasteiger partial charge in [-0.05, 0) is 18.2 Å². The van der Waals surface area contributed by atoms with Gasteiger partial charge in [-0.15, -0.1) is 5.10 Å². The summed E-state index contributed by atoms with van der Waals surface area (Å²) in [6, 6.07) is 8.91. The number of ether oxygens (including phenoxy) is 2. The minimum atomic E-state index is -0.577. The molecule has 7 nitrogen and oxygen atoms in total. The molecule has 0 fully saturated rings. The summed E-state index contributed by atoms with van der Waals surface area (Å²) in [7, 11) is 1.27. The summed E-state index contributed by atoms with van der Waals surface area (Å²) in [4.78, 5) is 15.0. The van der Waals surface area contributed by atoms with Gasteiger partial charge in [0.1, 0.15) is 18.7 Å². The molecular weight excluding hydrogens is 260 g/mol. The molecule has 0 bridgehead atoms. The van der Waals surface area contributed by atoms with E-state index in [4.69, 9.17) is 10.00 Å². The van der Waals surface area contributed by atoms with Crippen LogP contribution in [0.3, 0.4) is 0 Å². The van der Waals surface area contributed by atoms with E-state index in [1.807, 2.05) is 6.07 Å². The van der Waals surface area contributed by atoms with Gasteiger partial charge in [-0.25, -0.2) is 14.5 Å². The molecule has 0 atom stereocenters. The number of carbonyl (C=O) groups is 1. The Morgan fingerprint density at radius 3 is 3.10 bits per heavy atom. The number of benzene rings is 1. The maximum Gasteiger partial charge on any atom is 0.377 e. The summed E-state index contributed by atoms with van der Waals surface area (Å²) >= 11 is 0. The van der Waals surface area contributed by atoms with E-state index in [-0.39, 0.29) is 5.82 Å². The van der Waals surface area contributed by atoms with Crippen LogP contribution in [-0.4, -0.2) is 34.5 Å². The van der Waals surface area contributed by atoms with Crippen LogP contribution in [0.15, 0.2) is 30.6 Å². The second-order valence-electron chi connectivity index (χ2n) is 3.81. The van der Waals surface area contributed by atoms with Crippen molar-refractivity contribution >= 4 is 5.97 Å². The fraction of sp³-hybridized carbons (Fsp3) is 0.231. The summed E-state index contributed by atoms with van der Waals surface area (Å²) in [5, 5.41) is 12.7. The molecule has 1 heterocycles. The maximum absolute atomic E-state index is 11.2. The van der Waals surface area contributed by atoms with Gasteiger partial charge in [-0.1, -0.05) is 6.07 Å². The second kappa shape index (κ2) is 6.33. The molecule has 0 amide bonds. The van der Waals surface area contributed by atoms with Crippen molar-refractivity contribution in [2.45, 2.75) is 6.54 Å². The molecule has 2 aromatic rings. The van der Waals surface area contributed by atoms with Crippen LogP contribution in [0.4, 0.5) is 0 Å². The SMILES string of the molecule is COC(=O)c1ncn(CCOc2cccc(C#N)c2)n1. The van der Waals surface area contributed by atoms with Crippen LogP contribution < -0.4 is 4.74 Å². The van der Waals surface area contributed by atoms with Crippen LogP contribution in [0.2, 0.25) is 0 Å². The van der Waals surface area contributed by atoms with E-state index < -0.39 is 5.97 Å². The molecule has 0 aliphatic heterocycles. The number of methoxy groups -OCH3 is 1. The first-order valence-corrected chi connectivity index (χ1v) is 5.83. The van der Waals surface area contributed by atoms with Crippen LogP contribution in [0, 0.1) is 11.3 Å². The largest absolute Gasteiger partial charge is 0.492 e.